The average molecular weight is 389 g/mol. The van der Waals surface area contributed by atoms with E-state index < -0.39 is 0 Å². The van der Waals surface area contributed by atoms with E-state index in [1.54, 1.807) is 0 Å². The average Bonchev–Trinajstić information content (AvgIpc) is 3.35. The molecule has 3 aliphatic rings. The molecule has 2 saturated heterocycles. The Morgan fingerprint density at radius 2 is 1.63 bits per heavy atom. The van der Waals surface area contributed by atoms with Gasteiger partial charge in [0, 0.05) is 37.8 Å². The minimum Gasteiger partial charge on any atom is -0.360 e. The van der Waals surface area contributed by atoms with Crippen molar-refractivity contribution in [3.8, 4) is 0 Å². The van der Waals surface area contributed by atoms with E-state index in [1.807, 2.05) is 0 Å². The van der Waals surface area contributed by atoms with Crippen molar-refractivity contribution in [1.29, 1.82) is 0 Å². The zero-order valence-corrected chi connectivity index (χ0v) is 17.2. The summed E-state index contributed by atoms with van der Waals surface area (Å²) in [7, 11) is 0. The summed E-state index contributed by atoms with van der Waals surface area (Å²) >= 11 is 5.54. The predicted molar refractivity (Wildman–Crippen MR) is 116 cm³/mol. The number of hydrogen-bond donors (Lipinski definition) is 2. The largest absolute Gasteiger partial charge is 0.360 e. The van der Waals surface area contributed by atoms with Crippen LogP contribution in [0.25, 0.3) is 0 Å². The summed E-state index contributed by atoms with van der Waals surface area (Å²) in [6.45, 7) is 5.53. The van der Waals surface area contributed by atoms with Crippen molar-refractivity contribution in [1.82, 2.24) is 15.3 Å². The van der Waals surface area contributed by atoms with Gasteiger partial charge in [-0.1, -0.05) is 12.8 Å². The summed E-state index contributed by atoms with van der Waals surface area (Å²) in [5.74, 6) is 2.69. The van der Waals surface area contributed by atoms with Crippen molar-refractivity contribution in [3.05, 3.63) is 6.07 Å². The maximum atomic E-state index is 5.54. The fourth-order valence-electron chi connectivity index (χ4n) is 4.56. The second-order valence-electron chi connectivity index (χ2n) is 8.22. The molecule has 0 radical (unpaired) electrons. The lowest BCUT2D eigenvalue weighted by Gasteiger charge is -2.35. The van der Waals surface area contributed by atoms with Gasteiger partial charge in [-0.3, -0.25) is 0 Å². The van der Waals surface area contributed by atoms with Gasteiger partial charge >= 0.3 is 0 Å². The molecule has 2 aliphatic heterocycles. The third-order valence-corrected chi connectivity index (χ3v) is 6.36. The third-order valence-electron chi connectivity index (χ3n) is 6.14. The molecule has 6 nitrogen and oxygen atoms in total. The van der Waals surface area contributed by atoms with E-state index in [9.17, 15) is 0 Å². The number of nitrogens with zero attached hydrogens (tertiary/aromatic N) is 4. The molecule has 2 N–H and O–H groups in total. The molecule has 0 unspecified atom stereocenters. The quantitative estimate of drug-likeness (QED) is 0.763. The van der Waals surface area contributed by atoms with Crippen LogP contribution in [0, 0.1) is 0 Å². The van der Waals surface area contributed by atoms with Crippen LogP contribution in [0.4, 0.5) is 17.6 Å². The first kappa shape index (κ1) is 18.7. The Balaban J connectivity index is 1.54. The Labute approximate surface area is 168 Å². The number of piperidine rings is 1. The van der Waals surface area contributed by atoms with Gasteiger partial charge in [0.25, 0.3) is 0 Å². The molecule has 148 valence electrons. The summed E-state index contributed by atoms with van der Waals surface area (Å²) in [4.78, 5) is 14.4. The van der Waals surface area contributed by atoms with Gasteiger partial charge in [-0.05, 0) is 64.1 Å². The molecule has 3 fully saturated rings. The lowest BCUT2D eigenvalue weighted by molar-refractivity contribution is 0.481. The molecule has 27 heavy (non-hydrogen) atoms. The molecule has 3 heterocycles. The molecule has 1 aromatic rings. The molecule has 1 aromatic heterocycles. The Kier molecular flexibility index (Phi) is 5.95. The first-order chi connectivity index (χ1) is 13.2. The fraction of sp³-hybridized carbons (Fsp3) is 0.750. The molecule has 7 heteroatoms. The Hall–Kier alpha value is -1.63. The van der Waals surface area contributed by atoms with E-state index in [0.29, 0.717) is 23.1 Å². The van der Waals surface area contributed by atoms with Gasteiger partial charge in [0.1, 0.15) is 11.6 Å². The van der Waals surface area contributed by atoms with Gasteiger partial charge in [-0.25, -0.2) is 0 Å². The summed E-state index contributed by atoms with van der Waals surface area (Å²) in [6, 6.07) is 3.19. The van der Waals surface area contributed by atoms with E-state index in [4.69, 9.17) is 22.2 Å². The summed E-state index contributed by atoms with van der Waals surface area (Å²) < 4.78 is 0. The number of hydrogen-bond acceptors (Lipinski definition) is 5. The van der Waals surface area contributed by atoms with Crippen LogP contribution in [0.3, 0.4) is 0 Å². The molecule has 1 aliphatic carbocycles. The topological polar surface area (TPSA) is 56.3 Å². The van der Waals surface area contributed by atoms with E-state index in [-0.39, 0.29) is 0 Å². The van der Waals surface area contributed by atoms with Crippen LogP contribution in [-0.2, 0) is 0 Å². The van der Waals surface area contributed by atoms with Crippen LogP contribution in [-0.4, -0.2) is 46.8 Å². The molecule has 0 aromatic carbocycles. The van der Waals surface area contributed by atoms with Crippen molar-refractivity contribution in [2.75, 3.05) is 34.8 Å². The highest BCUT2D eigenvalue weighted by molar-refractivity contribution is 7.80. The van der Waals surface area contributed by atoms with E-state index in [0.717, 1.165) is 31.3 Å². The first-order valence-electron chi connectivity index (χ1n) is 10.7. The number of anilines is 3. The molecule has 1 saturated carbocycles. The van der Waals surface area contributed by atoms with Gasteiger partial charge in [0.2, 0.25) is 5.95 Å². The van der Waals surface area contributed by atoms with Gasteiger partial charge in [-0.15, -0.1) is 0 Å². The number of thiocarbonyl (C=S) groups is 1. The third kappa shape index (κ3) is 4.62. The molecular formula is C20H32N6S. The second kappa shape index (κ2) is 8.59. The monoisotopic (exact) mass is 388 g/mol. The number of rotatable bonds is 4. The van der Waals surface area contributed by atoms with E-state index in [1.165, 1.54) is 57.8 Å². The normalized spacial score (nSPS) is 23.7. The van der Waals surface area contributed by atoms with Crippen molar-refractivity contribution in [2.24, 2.45) is 0 Å². The maximum absolute atomic E-state index is 5.54. The highest BCUT2D eigenvalue weighted by Gasteiger charge is 2.23. The number of nitrogens with one attached hydrogen (secondary N) is 2. The van der Waals surface area contributed by atoms with Crippen LogP contribution < -0.4 is 20.4 Å². The molecule has 0 spiro atoms. The molecular weight excluding hydrogens is 356 g/mol. The Morgan fingerprint density at radius 1 is 0.963 bits per heavy atom. The van der Waals surface area contributed by atoms with Crippen LogP contribution >= 0.6 is 12.2 Å². The van der Waals surface area contributed by atoms with Gasteiger partial charge in [0.15, 0.2) is 5.11 Å². The minimum atomic E-state index is 0.494. The summed E-state index contributed by atoms with van der Waals surface area (Å²) in [5, 5.41) is 7.36. The zero-order chi connectivity index (χ0) is 18.6. The first-order valence-corrected chi connectivity index (χ1v) is 11.1. The molecule has 0 bridgehead atoms. The highest BCUT2D eigenvalue weighted by Crippen LogP contribution is 2.28. The summed E-state index contributed by atoms with van der Waals surface area (Å²) in [6.07, 6.45) is 11.2. The standard InChI is InChI=1S/C20H32N6S/c1-15-8-4-5-13-26(15)18-14-17(25-11-6-7-12-25)22-19(23-18)24-20(27)21-16-9-2-3-10-16/h14-16H,2-13H2,1H3,(H2,21,22,23,24,27)/t15-/m0/s1. The molecule has 0 amide bonds. The van der Waals surface area contributed by atoms with Gasteiger partial charge < -0.3 is 20.4 Å². The smallest absolute Gasteiger partial charge is 0.232 e. The van der Waals surface area contributed by atoms with E-state index in [2.05, 4.69) is 33.4 Å². The Bertz CT molecular complexity index is 654. The van der Waals surface area contributed by atoms with Crippen molar-refractivity contribution in [2.45, 2.75) is 76.8 Å². The number of aromatic nitrogens is 2. The predicted octanol–water partition coefficient (Wildman–Crippen LogP) is 3.68. The second-order valence-corrected chi connectivity index (χ2v) is 8.63. The fourth-order valence-corrected chi connectivity index (χ4v) is 4.82. The molecule has 1 atom stereocenters. The van der Waals surface area contributed by atoms with Gasteiger partial charge in [-0.2, -0.15) is 9.97 Å². The zero-order valence-electron chi connectivity index (χ0n) is 16.4. The SMILES string of the molecule is C[C@H]1CCCCN1c1cc(N2CCCC2)nc(NC(=S)NC2CCCC2)n1. The van der Waals surface area contributed by atoms with Gasteiger partial charge in [0.05, 0.1) is 0 Å². The van der Waals surface area contributed by atoms with E-state index >= 15 is 0 Å². The van der Waals surface area contributed by atoms with Crippen molar-refractivity contribution >= 4 is 34.9 Å². The van der Waals surface area contributed by atoms with Crippen LogP contribution in [0.1, 0.15) is 64.7 Å². The van der Waals surface area contributed by atoms with Crippen molar-refractivity contribution in [3.63, 3.8) is 0 Å². The van der Waals surface area contributed by atoms with Crippen molar-refractivity contribution < 1.29 is 0 Å². The van der Waals surface area contributed by atoms with Crippen LogP contribution in [0.15, 0.2) is 6.07 Å². The highest BCUT2D eigenvalue weighted by atomic mass is 32.1. The van der Waals surface area contributed by atoms with Crippen LogP contribution in [0.2, 0.25) is 0 Å². The van der Waals surface area contributed by atoms with Crippen LogP contribution in [0.5, 0.6) is 0 Å². The maximum Gasteiger partial charge on any atom is 0.232 e. The summed E-state index contributed by atoms with van der Waals surface area (Å²) in [5.41, 5.74) is 0. The Morgan fingerprint density at radius 3 is 2.37 bits per heavy atom. The molecule has 4 rings (SSSR count). The lowest BCUT2D eigenvalue weighted by Crippen LogP contribution is -2.39. The minimum absolute atomic E-state index is 0.494. The lowest BCUT2D eigenvalue weighted by atomic mass is 10.0.